The lowest BCUT2D eigenvalue weighted by Gasteiger charge is -2.23. The average molecular weight is 146 g/mol. The molecule has 0 aromatic carbocycles. The number of hydrogen-bond donors (Lipinski definition) is 1. The van der Waals surface area contributed by atoms with Crippen molar-refractivity contribution in [2.24, 2.45) is 0 Å². The van der Waals surface area contributed by atoms with Gasteiger partial charge >= 0.3 is 0 Å². The quantitative estimate of drug-likeness (QED) is 0.532. The fraction of sp³-hybridized carbons (Fsp3) is 0.833. The summed E-state index contributed by atoms with van der Waals surface area (Å²) in [4.78, 5) is 10.9. The van der Waals surface area contributed by atoms with Crippen LogP contribution >= 0.6 is 0 Å². The van der Waals surface area contributed by atoms with Gasteiger partial charge in [0.25, 0.3) is 0 Å². The van der Waals surface area contributed by atoms with Gasteiger partial charge in [-0.25, -0.2) is 0 Å². The number of hydrogen-bond acceptors (Lipinski definition) is 4. The summed E-state index contributed by atoms with van der Waals surface area (Å²) in [6.45, 7) is 0.380. The van der Waals surface area contributed by atoms with Crippen molar-refractivity contribution in [1.29, 1.82) is 0 Å². The van der Waals surface area contributed by atoms with Gasteiger partial charge < -0.3 is 14.6 Å². The number of aliphatic hydroxyl groups is 1. The summed E-state index contributed by atoms with van der Waals surface area (Å²) in [7, 11) is 1.45. The van der Waals surface area contributed by atoms with Crippen LogP contribution in [0.1, 0.15) is 6.42 Å². The minimum absolute atomic E-state index is 0.380. The van der Waals surface area contributed by atoms with E-state index in [9.17, 15) is 4.79 Å². The minimum Gasteiger partial charge on any atom is -0.373 e. The number of carbonyl (C=O) groups excluding carboxylic acids is 1. The van der Waals surface area contributed by atoms with Crippen LogP contribution in [0.3, 0.4) is 0 Å². The Kier molecular flexibility index (Phi) is 2.37. The Labute approximate surface area is 58.7 Å². The highest BCUT2D eigenvalue weighted by molar-refractivity contribution is 5.86. The molecular formula is C6H10O4. The first kappa shape index (κ1) is 7.65. The molecule has 2 atom stereocenters. The van der Waals surface area contributed by atoms with Gasteiger partial charge in [-0.2, -0.15) is 0 Å². The molecule has 1 rings (SSSR count). The maximum atomic E-state index is 10.9. The second-order valence-electron chi connectivity index (χ2n) is 2.14. The summed E-state index contributed by atoms with van der Waals surface area (Å²) in [6, 6.07) is 0. The van der Waals surface area contributed by atoms with E-state index in [1.165, 1.54) is 7.11 Å². The number of carbonyl (C=O) groups is 1. The third-order valence-corrected chi connectivity index (χ3v) is 1.50. The van der Waals surface area contributed by atoms with Crippen molar-refractivity contribution in [2.75, 3.05) is 13.7 Å². The zero-order valence-electron chi connectivity index (χ0n) is 5.74. The van der Waals surface area contributed by atoms with E-state index < -0.39 is 12.4 Å². The Hall–Kier alpha value is -0.450. The lowest BCUT2D eigenvalue weighted by Crippen LogP contribution is -2.41. The summed E-state index contributed by atoms with van der Waals surface area (Å²) < 4.78 is 9.43. The van der Waals surface area contributed by atoms with Crippen LogP contribution in [-0.2, 0) is 14.3 Å². The Morgan fingerprint density at radius 2 is 2.50 bits per heavy atom. The van der Waals surface area contributed by atoms with Crippen molar-refractivity contribution < 1.29 is 19.4 Å². The molecular weight excluding hydrogens is 136 g/mol. The molecule has 58 valence electrons. The molecule has 0 amide bonds. The van der Waals surface area contributed by atoms with Crippen LogP contribution in [0.2, 0.25) is 0 Å². The van der Waals surface area contributed by atoms with Crippen molar-refractivity contribution in [3.05, 3.63) is 0 Å². The zero-order valence-corrected chi connectivity index (χ0v) is 5.74. The largest absolute Gasteiger partial charge is 0.373 e. The molecule has 0 aromatic rings. The van der Waals surface area contributed by atoms with Crippen LogP contribution < -0.4 is 0 Å². The molecule has 0 spiro atoms. The number of aliphatic hydroxyl groups excluding tert-OH is 1. The van der Waals surface area contributed by atoms with E-state index in [1.54, 1.807) is 0 Å². The van der Waals surface area contributed by atoms with Gasteiger partial charge in [0.1, 0.15) is 6.10 Å². The molecule has 1 fully saturated rings. The van der Waals surface area contributed by atoms with E-state index in [1.807, 2.05) is 0 Å². The van der Waals surface area contributed by atoms with E-state index in [4.69, 9.17) is 9.84 Å². The van der Waals surface area contributed by atoms with Gasteiger partial charge in [0.05, 0.1) is 6.61 Å². The van der Waals surface area contributed by atoms with E-state index in [0.717, 1.165) is 0 Å². The maximum absolute atomic E-state index is 10.9. The Morgan fingerprint density at radius 1 is 1.80 bits per heavy atom. The van der Waals surface area contributed by atoms with Crippen molar-refractivity contribution in [1.82, 2.24) is 0 Å². The smallest absolute Gasteiger partial charge is 0.218 e. The van der Waals surface area contributed by atoms with Crippen molar-refractivity contribution >= 4 is 5.78 Å². The minimum atomic E-state index is -1.28. The van der Waals surface area contributed by atoms with Crippen LogP contribution in [0.4, 0.5) is 0 Å². The second kappa shape index (κ2) is 3.09. The molecule has 0 bridgehead atoms. The first-order valence-corrected chi connectivity index (χ1v) is 3.12. The first-order chi connectivity index (χ1) is 4.75. The van der Waals surface area contributed by atoms with Gasteiger partial charge in [0, 0.05) is 13.5 Å². The van der Waals surface area contributed by atoms with Gasteiger partial charge in [-0.15, -0.1) is 0 Å². The Balaban J connectivity index is 2.51. The molecule has 2 unspecified atom stereocenters. The lowest BCUT2D eigenvalue weighted by atomic mass is 10.1. The maximum Gasteiger partial charge on any atom is 0.218 e. The highest BCUT2D eigenvalue weighted by Crippen LogP contribution is 2.10. The van der Waals surface area contributed by atoms with Gasteiger partial charge in [0.15, 0.2) is 0 Å². The Morgan fingerprint density at radius 3 is 3.00 bits per heavy atom. The molecule has 1 aliphatic rings. The molecule has 1 aliphatic heterocycles. The molecule has 1 N–H and O–H groups in total. The summed E-state index contributed by atoms with van der Waals surface area (Å²) in [6.07, 6.45) is -1.23. The SMILES string of the molecule is COC1CCOC(O)C1=O. The third kappa shape index (κ3) is 1.34. The van der Waals surface area contributed by atoms with Crippen LogP contribution in [-0.4, -0.2) is 37.0 Å². The van der Waals surface area contributed by atoms with Gasteiger partial charge in [-0.1, -0.05) is 0 Å². The van der Waals surface area contributed by atoms with E-state index in [-0.39, 0.29) is 5.78 Å². The summed E-state index contributed by atoms with van der Waals surface area (Å²) >= 11 is 0. The number of rotatable bonds is 1. The van der Waals surface area contributed by atoms with Gasteiger partial charge in [0.2, 0.25) is 12.1 Å². The Bertz CT molecular complexity index is 134. The van der Waals surface area contributed by atoms with E-state index in [0.29, 0.717) is 13.0 Å². The second-order valence-corrected chi connectivity index (χ2v) is 2.14. The van der Waals surface area contributed by atoms with E-state index in [2.05, 4.69) is 4.74 Å². The van der Waals surface area contributed by atoms with Crippen LogP contribution in [0, 0.1) is 0 Å². The van der Waals surface area contributed by atoms with Crippen LogP contribution in [0.15, 0.2) is 0 Å². The summed E-state index contributed by atoms with van der Waals surface area (Å²) in [5, 5.41) is 8.83. The normalized spacial score (nSPS) is 34.4. The molecule has 4 heteroatoms. The monoisotopic (exact) mass is 146 g/mol. The number of ether oxygens (including phenoxy) is 2. The highest BCUT2D eigenvalue weighted by Gasteiger charge is 2.30. The van der Waals surface area contributed by atoms with Gasteiger partial charge in [-0.3, -0.25) is 4.79 Å². The van der Waals surface area contributed by atoms with Crippen LogP contribution in [0.25, 0.3) is 0 Å². The number of ketones is 1. The molecule has 0 aliphatic carbocycles. The molecule has 0 saturated carbocycles. The molecule has 1 heterocycles. The molecule has 0 aromatic heterocycles. The molecule has 10 heavy (non-hydrogen) atoms. The van der Waals surface area contributed by atoms with Crippen molar-refractivity contribution in [3.63, 3.8) is 0 Å². The van der Waals surface area contributed by atoms with Crippen molar-refractivity contribution in [3.8, 4) is 0 Å². The fourth-order valence-electron chi connectivity index (χ4n) is 0.904. The topological polar surface area (TPSA) is 55.8 Å². The van der Waals surface area contributed by atoms with E-state index >= 15 is 0 Å². The third-order valence-electron chi connectivity index (χ3n) is 1.50. The lowest BCUT2D eigenvalue weighted by molar-refractivity contribution is -0.179. The number of methoxy groups -OCH3 is 1. The number of Topliss-reactive ketones (excluding diaryl/α,β-unsaturated/α-hetero) is 1. The molecule has 4 nitrogen and oxygen atoms in total. The summed E-state index contributed by atoms with van der Waals surface area (Å²) in [5.41, 5.74) is 0. The van der Waals surface area contributed by atoms with Crippen LogP contribution in [0.5, 0.6) is 0 Å². The zero-order chi connectivity index (χ0) is 7.56. The predicted octanol–water partition coefficient (Wildman–Crippen LogP) is -0.691. The highest BCUT2D eigenvalue weighted by atomic mass is 16.6. The standard InChI is InChI=1S/C6H10O4/c1-9-4-2-3-10-6(8)5(4)7/h4,6,8H,2-3H2,1H3. The predicted molar refractivity (Wildman–Crippen MR) is 32.4 cm³/mol. The van der Waals surface area contributed by atoms with Gasteiger partial charge in [-0.05, 0) is 0 Å². The summed E-state index contributed by atoms with van der Waals surface area (Å²) in [5.74, 6) is -0.381. The molecule has 0 radical (unpaired) electrons. The molecule has 1 saturated heterocycles. The van der Waals surface area contributed by atoms with Crippen molar-refractivity contribution in [2.45, 2.75) is 18.8 Å². The first-order valence-electron chi connectivity index (χ1n) is 3.12. The average Bonchev–Trinajstić information content (AvgIpc) is 1.95. The fourth-order valence-corrected chi connectivity index (χ4v) is 0.904.